The monoisotopic (exact) mass is 584 g/mol. The molecule has 0 spiro atoms. The number of Topliss-reactive ketones (excluding diaryl/α,β-unsaturated/α-hetero) is 2. The van der Waals surface area contributed by atoms with Gasteiger partial charge in [0.25, 0.3) is 6.47 Å². The number of carbonyl (C=O) groups excluding carboxylic acids is 3. The van der Waals surface area contributed by atoms with Crippen LogP contribution in [0.5, 0.6) is 11.5 Å². The minimum absolute atomic E-state index is 0. The molecule has 38 heavy (non-hydrogen) atoms. The van der Waals surface area contributed by atoms with E-state index < -0.39 is 0 Å². The van der Waals surface area contributed by atoms with Gasteiger partial charge in [-0.15, -0.1) is 23.2 Å². The summed E-state index contributed by atoms with van der Waals surface area (Å²) >= 11 is 11.7. The number of hydrogen-bond acceptors (Lipinski definition) is 7. The molecule has 0 aliphatic heterocycles. The summed E-state index contributed by atoms with van der Waals surface area (Å²) < 4.78 is 10.4. The van der Waals surface area contributed by atoms with Crippen LogP contribution in [0.3, 0.4) is 0 Å². The van der Waals surface area contributed by atoms with Crippen LogP contribution >= 0.6 is 23.2 Å². The maximum absolute atomic E-state index is 11.6. The second-order valence-electron chi connectivity index (χ2n) is 8.79. The molecule has 2 fully saturated rings. The molecule has 0 amide bonds. The fourth-order valence-corrected chi connectivity index (χ4v) is 4.72. The Bertz CT molecular complexity index is 1010. The van der Waals surface area contributed by atoms with Crippen molar-refractivity contribution < 1.29 is 94.5 Å². The molecule has 2 aromatic rings. The molecule has 0 unspecified atom stereocenters. The maximum atomic E-state index is 11.6. The van der Waals surface area contributed by atoms with Gasteiger partial charge in [-0.3, -0.25) is 14.4 Å². The minimum Gasteiger partial charge on any atom is -1.00 e. The summed E-state index contributed by atoms with van der Waals surface area (Å²) in [7, 11) is 3.26. The number of methoxy groups -OCH3 is 2. The van der Waals surface area contributed by atoms with E-state index in [2.05, 4.69) is 4.89 Å². The average molecular weight is 585 g/mol. The molecule has 0 bridgehead atoms. The van der Waals surface area contributed by atoms with E-state index in [1.54, 1.807) is 28.1 Å². The predicted molar refractivity (Wildman–Crippen MR) is 137 cm³/mol. The third-order valence-electron chi connectivity index (χ3n) is 6.84. The van der Waals surface area contributed by atoms with Crippen LogP contribution in [0.1, 0.15) is 63.2 Å². The first-order chi connectivity index (χ1) is 17.2. The Balaban J connectivity index is 0. The van der Waals surface area contributed by atoms with Crippen LogP contribution in [-0.4, -0.2) is 32.3 Å². The van der Waals surface area contributed by atoms with Gasteiger partial charge in [0.1, 0.15) is 23.1 Å². The molecule has 4 rings (SSSR count). The van der Waals surface area contributed by atoms with Crippen molar-refractivity contribution in [3.05, 3.63) is 58.7 Å². The molecule has 2 aliphatic carbocycles. The van der Waals surface area contributed by atoms with E-state index >= 15 is 0 Å². The fraction of sp³-hybridized carbons (Fsp3) is 0.444. The van der Waals surface area contributed by atoms with Crippen LogP contribution < -0.4 is 73.8 Å². The molecule has 0 aromatic heterocycles. The molecular weight excluding hydrogens is 553 g/mol. The van der Waals surface area contributed by atoms with Crippen molar-refractivity contribution in [2.75, 3.05) is 14.2 Å². The Morgan fingerprint density at radius 3 is 1.34 bits per heavy atom. The van der Waals surface area contributed by atoms with Gasteiger partial charge in [0.15, 0.2) is 0 Å². The zero-order valence-electron chi connectivity index (χ0n) is 23.9. The van der Waals surface area contributed by atoms with Crippen LogP contribution in [-0.2, 0) is 41.9 Å². The van der Waals surface area contributed by atoms with Gasteiger partial charge in [0.05, 0.1) is 36.8 Å². The Morgan fingerprint density at radius 2 is 1.16 bits per heavy atom. The average Bonchev–Trinajstić information content (AvgIpc) is 3.82. The summed E-state index contributed by atoms with van der Waals surface area (Å²) in [5.41, 5.74) is 3.61. The Morgan fingerprint density at radius 1 is 0.842 bits per heavy atom. The summed E-state index contributed by atoms with van der Waals surface area (Å²) in [6, 6.07) is 11.7. The van der Waals surface area contributed by atoms with Gasteiger partial charge in [-0.1, -0.05) is 12.1 Å². The second kappa shape index (κ2) is 17.3. The number of halogens is 2. The fourth-order valence-electron chi connectivity index (χ4n) is 4.30. The molecule has 0 saturated heterocycles. The van der Waals surface area contributed by atoms with E-state index in [4.69, 9.17) is 42.7 Å². The SMILES string of the molecule is COc1ccc(C2(C(C)=O)CC2)cc1CCl.COc1ccc(C2(C(C)=O)CC2)cc1CCl.O=CO[O-].[H-].[Na+].[Na+]. The largest absolute Gasteiger partial charge is 1.00 e. The van der Waals surface area contributed by atoms with E-state index in [0.717, 1.165) is 59.4 Å². The number of alkyl halides is 2. The van der Waals surface area contributed by atoms with Gasteiger partial charge < -0.3 is 21.0 Å². The molecule has 7 nitrogen and oxygen atoms in total. The van der Waals surface area contributed by atoms with E-state index in [-0.39, 0.29) is 89.4 Å². The third kappa shape index (κ3) is 8.95. The van der Waals surface area contributed by atoms with Crippen molar-refractivity contribution in [3.8, 4) is 11.5 Å². The number of ether oxygens (including phenoxy) is 2. The molecule has 0 atom stereocenters. The molecule has 11 heteroatoms. The van der Waals surface area contributed by atoms with Crippen molar-refractivity contribution in [2.24, 2.45) is 0 Å². The van der Waals surface area contributed by atoms with Crippen molar-refractivity contribution in [1.29, 1.82) is 0 Å². The topological polar surface area (TPSA) is 102 Å². The number of hydrogen-bond donors (Lipinski definition) is 0. The molecule has 2 aromatic carbocycles. The normalized spacial score (nSPS) is 14.8. The summed E-state index contributed by atoms with van der Waals surface area (Å²) in [6.45, 7) is 3.15. The number of ketones is 2. The molecular formula is C27H32Cl2Na2O7. The summed E-state index contributed by atoms with van der Waals surface area (Å²) in [5, 5.41) is 8.43. The first kappa shape index (κ1) is 37.4. The Labute approximate surface area is 279 Å². The Hall–Kier alpha value is -0.610. The first-order valence-electron chi connectivity index (χ1n) is 11.4. The van der Waals surface area contributed by atoms with Crippen LogP contribution in [0.2, 0.25) is 0 Å². The van der Waals surface area contributed by atoms with Gasteiger partial charge >= 0.3 is 59.1 Å². The van der Waals surface area contributed by atoms with E-state index in [0.29, 0.717) is 11.8 Å². The molecule has 2 aliphatic rings. The van der Waals surface area contributed by atoms with Crippen molar-refractivity contribution in [3.63, 3.8) is 0 Å². The number of benzene rings is 2. The standard InChI is InChI=1S/2C13H15ClO2.CH2O3.2Na.H/c2*1-9(15)13(5-6-13)11-3-4-12(16-2)10(7-11)8-14;2-1-4-3;;;/h2*3-4,7H,5-6,8H2,1-2H3;1,3H;;;/q;;;2*+1;-1/p-1. The van der Waals surface area contributed by atoms with Crippen LogP contribution in [0.25, 0.3) is 0 Å². The van der Waals surface area contributed by atoms with Gasteiger partial charge in [-0.05, 0) is 74.9 Å². The minimum atomic E-state index is -0.229. The molecule has 0 heterocycles. The van der Waals surface area contributed by atoms with Crippen molar-refractivity contribution in [2.45, 2.75) is 62.1 Å². The van der Waals surface area contributed by atoms with Gasteiger partial charge in [0, 0.05) is 11.1 Å². The smallest absolute Gasteiger partial charge is 1.00 e. The van der Waals surface area contributed by atoms with Gasteiger partial charge in [-0.25, -0.2) is 0 Å². The van der Waals surface area contributed by atoms with Crippen LogP contribution in [0.15, 0.2) is 36.4 Å². The summed E-state index contributed by atoms with van der Waals surface area (Å²) in [5.74, 6) is 2.89. The first-order valence-corrected chi connectivity index (χ1v) is 12.5. The van der Waals surface area contributed by atoms with Gasteiger partial charge in [-0.2, -0.15) is 0 Å². The zero-order valence-corrected chi connectivity index (χ0v) is 28.4. The molecule has 2 saturated carbocycles. The summed E-state index contributed by atoms with van der Waals surface area (Å²) in [6.07, 6.45) is 3.82. The maximum Gasteiger partial charge on any atom is 1.00 e. The number of carbonyl (C=O) groups is 3. The predicted octanol–water partition coefficient (Wildman–Crippen LogP) is -1.34. The van der Waals surface area contributed by atoms with E-state index in [9.17, 15) is 9.59 Å². The summed E-state index contributed by atoms with van der Waals surface area (Å²) in [4.78, 5) is 34.5. The quantitative estimate of drug-likeness (QED) is 0.118. The molecule has 198 valence electrons. The van der Waals surface area contributed by atoms with Gasteiger partial charge in [0.2, 0.25) is 0 Å². The Kier molecular flexibility index (Phi) is 17.0. The van der Waals surface area contributed by atoms with Crippen LogP contribution in [0, 0.1) is 0 Å². The second-order valence-corrected chi connectivity index (χ2v) is 9.32. The third-order valence-corrected chi connectivity index (χ3v) is 7.42. The zero-order chi connectivity index (χ0) is 26.9. The van der Waals surface area contributed by atoms with E-state index in [1.165, 1.54) is 0 Å². The molecule has 0 N–H and O–H groups in total. The van der Waals surface area contributed by atoms with Crippen LogP contribution in [0.4, 0.5) is 0 Å². The van der Waals surface area contributed by atoms with Crippen molar-refractivity contribution in [1.82, 2.24) is 0 Å². The number of rotatable bonds is 9. The molecule has 0 radical (unpaired) electrons. The van der Waals surface area contributed by atoms with E-state index in [1.807, 2.05) is 36.4 Å². The van der Waals surface area contributed by atoms with Crippen molar-refractivity contribution >= 4 is 41.2 Å².